The molecule has 0 atom stereocenters. The number of non-ortho nitro benzene ring substituents is 1. The number of nitro benzene ring substituents is 2. The number of aromatic nitrogens is 3. The SMILES string of the molecule is Cc1c(C(=O)Nc2nc3scc(C)n3n2)cc([N+](=O)[O-])cc1[N+](=O)[O-]. The molecule has 1 N–H and O–H groups in total. The topological polar surface area (TPSA) is 146 Å². The summed E-state index contributed by atoms with van der Waals surface area (Å²) < 4.78 is 1.53. The lowest BCUT2D eigenvalue weighted by atomic mass is 10.0. The number of rotatable bonds is 4. The Morgan fingerprint density at radius 2 is 1.96 bits per heavy atom. The number of benzene rings is 1. The molecule has 12 heteroatoms. The normalized spacial score (nSPS) is 10.8. The second-order valence-corrected chi connectivity index (χ2v) is 5.95. The minimum absolute atomic E-state index is 0.00788. The van der Waals surface area contributed by atoms with Crippen LogP contribution >= 0.6 is 11.3 Å². The quantitative estimate of drug-likeness (QED) is 0.554. The summed E-state index contributed by atoms with van der Waals surface area (Å²) >= 11 is 1.33. The summed E-state index contributed by atoms with van der Waals surface area (Å²) in [4.78, 5) is 37.6. The first-order valence-corrected chi connectivity index (χ1v) is 7.71. The molecule has 11 nitrogen and oxygen atoms in total. The molecule has 0 aliphatic heterocycles. The Hall–Kier alpha value is -3.41. The van der Waals surface area contributed by atoms with Crippen LogP contribution in [0.25, 0.3) is 4.96 Å². The van der Waals surface area contributed by atoms with E-state index in [1.807, 2.05) is 12.3 Å². The summed E-state index contributed by atoms with van der Waals surface area (Å²) in [6.45, 7) is 3.16. The van der Waals surface area contributed by atoms with Crippen LogP contribution < -0.4 is 5.32 Å². The Kier molecular flexibility index (Phi) is 3.88. The van der Waals surface area contributed by atoms with Crippen molar-refractivity contribution >= 4 is 39.5 Å². The molecular formula is C13H10N6O5S. The molecule has 2 heterocycles. The molecule has 128 valence electrons. The van der Waals surface area contributed by atoms with Gasteiger partial charge in [-0.05, 0) is 13.8 Å². The fourth-order valence-electron chi connectivity index (χ4n) is 2.23. The van der Waals surface area contributed by atoms with Crippen molar-refractivity contribution in [1.29, 1.82) is 0 Å². The van der Waals surface area contributed by atoms with Crippen LogP contribution in [0.15, 0.2) is 17.5 Å². The summed E-state index contributed by atoms with van der Waals surface area (Å²) in [5.74, 6) is -0.756. The van der Waals surface area contributed by atoms with Gasteiger partial charge in [0.05, 0.1) is 27.2 Å². The van der Waals surface area contributed by atoms with Gasteiger partial charge < -0.3 is 0 Å². The van der Waals surface area contributed by atoms with Crippen LogP contribution in [0.5, 0.6) is 0 Å². The van der Waals surface area contributed by atoms with Crippen LogP contribution in [0.3, 0.4) is 0 Å². The maximum Gasteiger partial charge on any atom is 0.279 e. The molecular weight excluding hydrogens is 352 g/mol. The van der Waals surface area contributed by atoms with Crippen LogP contribution in [0, 0.1) is 34.1 Å². The van der Waals surface area contributed by atoms with Gasteiger partial charge in [0.25, 0.3) is 23.2 Å². The van der Waals surface area contributed by atoms with Crippen molar-refractivity contribution in [3.8, 4) is 0 Å². The minimum atomic E-state index is -0.794. The molecule has 0 bridgehead atoms. The third-order valence-corrected chi connectivity index (χ3v) is 4.42. The van der Waals surface area contributed by atoms with E-state index in [0.29, 0.717) is 4.96 Å². The lowest BCUT2D eigenvalue weighted by molar-refractivity contribution is -0.394. The third-order valence-electron chi connectivity index (χ3n) is 3.49. The van der Waals surface area contributed by atoms with Crippen molar-refractivity contribution in [1.82, 2.24) is 14.6 Å². The predicted molar refractivity (Wildman–Crippen MR) is 88.0 cm³/mol. The Labute approximate surface area is 143 Å². The first-order valence-electron chi connectivity index (χ1n) is 6.83. The standard InChI is InChI=1S/C13H10N6O5S/c1-6-5-25-13-15-12(16-17(6)13)14-11(20)9-3-8(18(21)22)4-10(7(9)2)19(23)24/h3-5H,1-2H3,(H,14,16,20). The molecule has 0 saturated heterocycles. The average Bonchev–Trinajstić information content (AvgIpc) is 3.08. The fourth-order valence-corrected chi connectivity index (χ4v) is 3.03. The second-order valence-electron chi connectivity index (χ2n) is 5.11. The zero-order valence-electron chi connectivity index (χ0n) is 12.9. The van der Waals surface area contributed by atoms with E-state index in [-0.39, 0.29) is 17.1 Å². The van der Waals surface area contributed by atoms with Crippen molar-refractivity contribution < 1.29 is 14.6 Å². The van der Waals surface area contributed by atoms with Crippen molar-refractivity contribution in [2.45, 2.75) is 13.8 Å². The molecule has 1 aromatic carbocycles. The van der Waals surface area contributed by atoms with E-state index in [1.54, 1.807) is 0 Å². The molecule has 25 heavy (non-hydrogen) atoms. The number of anilines is 1. The summed E-state index contributed by atoms with van der Waals surface area (Å²) in [5.41, 5.74) is -0.387. The van der Waals surface area contributed by atoms with Gasteiger partial charge in [0.2, 0.25) is 4.96 Å². The first kappa shape index (κ1) is 16.4. The van der Waals surface area contributed by atoms with Crippen LogP contribution in [0.1, 0.15) is 21.6 Å². The molecule has 0 aliphatic rings. The molecule has 0 spiro atoms. The number of hydrogen-bond donors (Lipinski definition) is 1. The number of nitrogens with zero attached hydrogens (tertiary/aromatic N) is 5. The molecule has 3 rings (SSSR count). The molecule has 0 fully saturated rings. The minimum Gasteiger partial charge on any atom is -0.289 e. The van der Waals surface area contributed by atoms with Crippen LogP contribution in [0.4, 0.5) is 17.3 Å². The Bertz CT molecular complexity index is 1040. The monoisotopic (exact) mass is 362 g/mol. The Balaban J connectivity index is 2.00. The van der Waals surface area contributed by atoms with Gasteiger partial charge in [0.15, 0.2) is 0 Å². The maximum atomic E-state index is 12.4. The number of nitrogens with one attached hydrogen (secondary N) is 1. The highest BCUT2D eigenvalue weighted by Gasteiger charge is 2.25. The smallest absolute Gasteiger partial charge is 0.279 e. The van der Waals surface area contributed by atoms with Gasteiger partial charge in [-0.3, -0.25) is 30.3 Å². The summed E-state index contributed by atoms with van der Waals surface area (Å²) in [6, 6.07) is 1.81. The van der Waals surface area contributed by atoms with Gasteiger partial charge in [-0.2, -0.15) is 4.98 Å². The average molecular weight is 362 g/mol. The highest BCUT2D eigenvalue weighted by molar-refractivity contribution is 7.15. The lowest BCUT2D eigenvalue weighted by Gasteiger charge is -2.06. The van der Waals surface area contributed by atoms with Crippen LogP contribution in [-0.4, -0.2) is 30.4 Å². The zero-order chi connectivity index (χ0) is 18.3. The maximum absolute atomic E-state index is 12.4. The number of fused-ring (bicyclic) bond motifs is 1. The van der Waals surface area contributed by atoms with Crippen molar-refractivity contribution in [3.63, 3.8) is 0 Å². The fraction of sp³-hybridized carbons (Fsp3) is 0.154. The number of hydrogen-bond acceptors (Lipinski definition) is 8. The third kappa shape index (κ3) is 2.89. The van der Waals surface area contributed by atoms with E-state index in [0.717, 1.165) is 17.8 Å². The van der Waals surface area contributed by atoms with Crippen molar-refractivity contribution in [2.75, 3.05) is 5.32 Å². The number of carbonyl (C=O) groups excluding carboxylic acids is 1. The molecule has 1 amide bonds. The molecule has 2 aromatic heterocycles. The zero-order valence-corrected chi connectivity index (χ0v) is 13.7. The number of thiazole rings is 1. The number of amides is 1. The summed E-state index contributed by atoms with van der Waals surface area (Å²) in [5, 5.41) is 30.4. The largest absolute Gasteiger partial charge is 0.289 e. The van der Waals surface area contributed by atoms with Gasteiger partial charge in [-0.1, -0.05) is 0 Å². The molecule has 0 radical (unpaired) electrons. The van der Waals surface area contributed by atoms with E-state index < -0.39 is 27.1 Å². The molecule has 0 saturated carbocycles. The van der Waals surface area contributed by atoms with E-state index in [9.17, 15) is 25.0 Å². The Morgan fingerprint density at radius 1 is 1.24 bits per heavy atom. The van der Waals surface area contributed by atoms with E-state index in [1.165, 1.54) is 22.8 Å². The van der Waals surface area contributed by atoms with Gasteiger partial charge >= 0.3 is 0 Å². The lowest BCUT2D eigenvalue weighted by Crippen LogP contribution is -2.16. The van der Waals surface area contributed by atoms with E-state index in [4.69, 9.17) is 0 Å². The second kappa shape index (κ2) is 5.90. The number of aryl methyl sites for hydroxylation is 1. The number of nitro groups is 2. The van der Waals surface area contributed by atoms with E-state index in [2.05, 4.69) is 15.4 Å². The van der Waals surface area contributed by atoms with Gasteiger partial charge in [-0.25, -0.2) is 4.52 Å². The van der Waals surface area contributed by atoms with E-state index >= 15 is 0 Å². The summed E-state index contributed by atoms with van der Waals surface area (Å²) in [7, 11) is 0. The van der Waals surface area contributed by atoms with Crippen LogP contribution in [-0.2, 0) is 0 Å². The highest BCUT2D eigenvalue weighted by Crippen LogP contribution is 2.28. The molecule has 0 unspecified atom stereocenters. The molecule has 0 aliphatic carbocycles. The van der Waals surface area contributed by atoms with Gasteiger partial charge in [-0.15, -0.1) is 16.4 Å². The Morgan fingerprint density at radius 3 is 2.56 bits per heavy atom. The van der Waals surface area contributed by atoms with Gasteiger partial charge in [0, 0.05) is 17.0 Å². The summed E-state index contributed by atoms with van der Waals surface area (Å²) in [6.07, 6.45) is 0. The number of carbonyl (C=O) groups is 1. The van der Waals surface area contributed by atoms with Crippen molar-refractivity contribution in [2.24, 2.45) is 0 Å². The van der Waals surface area contributed by atoms with Crippen LogP contribution in [0.2, 0.25) is 0 Å². The molecule has 3 aromatic rings. The van der Waals surface area contributed by atoms with Gasteiger partial charge in [0.1, 0.15) is 0 Å². The predicted octanol–water partition coefficient (Wildman–Crippen LogP) is 2.48. The van der Waals surface area contributed by atoms with Crippen molar-refractivity contribution in [3.05, 3.63) is 54.6 Å². The first-order chi connectivity index (χ1) is 11.8. The highest BCUT2D eigenvalue weighted by atomic mass is 32.1.